The third kappa shape index (κ3) is 7.46. The van der Waals surface area contributed by atoms with Crippen molar-refractivity contribution in [1.29, 1.82) is 0 Å². The number of benzene rings is 2. The van der Waals surface area contributed by atoms with Crippen molar-refractivity contribution < 1.29 is 9.47 Å². The summed E-state index contributed by atoms with van der Waals surface area (Å²) in [6, 6.07) is 16.2. The predicted molar refractivity (Wildman–Crippen MR) is 134 cm³/mol. The van der Waals surface area contributed by atoms with Crippen molar-refractivity contribution >= 4 is 29.9 Å². The fourth-order valence-electron chi connectivity index (χ4n) is 3.10. The molecule has 0 radical (unpaired) electrons. The quantitative estimate of drug-likeness (QED) is 0.248. The van der Waals surface area contributed by atoms with Gasteiger partial charge in [0.1, 0.15) is 11.5 Å². The molecule has 0 saturated carbocycles. The molecular formula is C23H30IN5O2. The Balaban J connectivity index is 0.00000341. The van der Waals surface area contributed by atoms with E-state index in [1.54, 1.807) is 20.4 Å². The maximum Gasteiger partial charge on any atom is 0.191 e. The lowest BCUT2D eigenvalue weighted by atomic mass is 10.1. The van der Waals surface area contributed by atoms with Crippen LogP contribution in [0, 0.1) is 0 Å². The van der Waals surface area contributed by atoms with Crippen LogP contribution in [-0.2, 0) is 19.6 Å². The van der Waals surface area contributed by atoms with Crippen molar-refractivity contribution in [3.63, 3.8) is 0 Å². The van der Waals surface area contributed by atoms with Crippen LogP contribution < -0.4 is 20.1 Å². The van der Waals surface area contributed by atoms with Gasteiger partial charge in [-0.05, 0) is 36.2 Å². The van der Waals surface area contributed by atoms with Crippen molar-refractivity contribution in [3.05, 3.63) is 77.6 Å². The van der Waals surface area contributed by atoms with Crippen LogP contribution in [0.5, 0.6) is 11.5 Å². The van der Waals surface area contributed by atoms with Gasteiger partial charge in [-0.3, -0.25) is 4.68 Å². The lowest BCUT2D eigenvalue weighted by Gasteiger charge is -2.14. The van der Waals surface area contributed by atoms with Gasteiger partial charge in [0.25, 0.3) is 0 Å². The zero-order chi connectivity index (χ0) is 21.2. The second-order valence-electron chi connectivity index (χ2n) is 6.75. The Bertz CT molecular complexity index is 960. The van der Waals surface area contributed by atoms with Crippen LogP contribution in [0.1, 0.15) is 23.6 Å². The van der Waals surface area contributed by atoms with Crippen LogP contribution in [-0.4, -0.2) is 36.5 Å². The largest absolute Gasteiger partial charge is 0.497 e. The van der Waals surface area contributed by atoms with Crippen molar-refractivity contribution in [3.8, 4) is 11.5 Å². The first-order chi connectivity index (χ1) is 14.7. The van der Waals surface area contributed by atoms with Gasteiger partial charge in [0.15, 0.2) is 5.96 Å². The molecule has 7 nitrogen and oxygen atoms in total. The minimum absolute atomic E-state index is 0. The molecule has 0 amide bonds. The molecule has 1 heterocycles. The first-order valence-corrected chi connectivity index (χ1v) is 10.00. The van der Waals surface area contributed by atoms with Gasteiger partial charge in [0, 0.05) is 37.1 Å². The smallest absolute Gasteiger partial charge is 0.191 e. The third-order valence-corrected chi connectivity index (χ3v) is 4.60. The van der Waals surface area contributed by atoms with Crippen LogP contribution in [0.2, 0.25) is 0 Å². The molecule has 8 heteroatoms. The number of guanidine groups is 1. The lowest BCUT2D eigenvalue weighted by molar-refractivity contribution is 0.390. The van der Waals surface area contributed by atoms with Crippen LogP contribution in [0.25, 0.3) is 0 Å². The highest BCUT2D eigenvalue weighted by atomic mass is 127. The van der Waals surface area contributed by atoms with E-state index in [1.165, 1.54) is 5.56 Å². The summed E-state index contributed by atoms with van der Waals surface area (Å²) in [6.07, 6.45) is 3.76. The second kappa shape index (κ2) is 12.8. The second-order valence-corrected chi connectivity index (χ2v) is 6.75. The first kappa shape index (κ1) is 24.5. The van der Waals surface area contributed by atoms with E-state index in [0.717, 1.165) is 41.7 Å². The number of nitrogens with zero attached hydrogens (tertiary/aromatic N) is 3. The number of methoxy groups -OCH3 is 2. The molecule has 0 fully saturated rings. The Morgan fingerprint density at radius 3 is 2.58 bits per heavy atom. The summed E-state index contributed by atoms with van der Waals surface area (Å²) in [5.41, 5.74) is 3.39. The van der Waals surface area contributed by atoms with E-state index in [4.69, 9.17) is 14.5 Å². The molecule has 3 aromatic rings. The summed E-state index contributed by atoms with van der Waals surface area (Å²) in [7, 11) is 3.31. The predicted octanol–water partition coefficient (Wildman–Crippen LogP) is 3.82. The number of aliphatic imine (C=N–C) groups is 1. The molecule has 1 aromatic heterocycles. The van der Waals surface area contributed by atoms with Gasteiger partial charge < -0.3 is 20.1 Å². The van der Waals surface area contributed by atoms with E-state index in [0.29, 0.717) is 13.1 Å². The molecule has 0 unspecified atom stereocenters. The number of halogens is 1. The molecule has 0 aliphatic heterocycles. The highest BCUT2D eigenvalue weighted by molar-refractivity contribution is 14.0. The topological polar surface area (TPSA) is 72.7 Å². The number of rotatable bonds is 9. The van der Waals surface area contributed by atoms with Crippen LogP contribution in [0.3, 0.4) is 0 Å². The van der Waals surface area contributed by atoms with E-state index in [-0.39, 0.29) is 24.0 Å². The summed E-state index contributed by atoms with van der Waals surface area (Å²) >= 11 is 0. The van der Waals surface area contributed by atoms with Crippen LogP contribution in [0.4, 0.5) is 0 Å². The van der Waals surface area contributed by atoms with Gasteiger partial charge in [-0.15, -0.1) is 24.0 Å². The van der Waals surface area contributed by atoms with Gasteiger partial charge in [0.2, 0.25) is 0 Å². The van der Waals surface area contributed by atoms with Crippen molar-refractivity contribution in [2.75, 3.05) is 20.8 Å². The average Bonchev–Trinajstić information content (AvgIpc) is 3.29. The van der Waals surface area contributed by atoms with Gasteiger partial charge in [0.05, 0.1) is 27.3 Å². The van der Waals surface area contributed by atoms with E-state index >= 15 is 0 Å². The van der Waals surface area contributed by atoms with E-state index in [2.05, 4.69) is 46.9 Å². The van der Waals surface area contributed by atoms with Crippen molar-refractivity contribution in [1.82, 2.24) is 20.4 Å². The van der Waals surface area contributed by atoms with Crippen LogP contribution >= 0.6 is 24.0 Å². The number of nitrogens with one attached hydrogen (secondary N) is 2. The summed E-state index contributed by atoms with van der Waals surface area (Å²) in [6.45, 7) is 4.77. The lowest BCUT2D eigenvalue weighted by Crippen LogP contribution is -2.36. The zero-order valence-corrected chi connectivity index (χ0v) is 20.5. The SMILES string of the molecule is CCNC(=NCc1cccc(Cn2cccn2)c1)NCc1ccc(OC)cc1OC.I. The number of hydrogen-bond acceptors (Lipinski definition) is 4. The molecular weight excluding hydrogens is 505 g/mol. The minimum Gasteiger partial charge on any atom is -0.497 e. The van der Waals surface area contributed by atoms with E-state index < -0.39 is 0 Å². The Hall–Kier alpha value is -2.75. The van der Waals surface area contributed by atoms with Gasteiger partial charge in [-0.2, -0.15) is 5.10 Å². The molecule has 2 aromatic carbocycles. The number of aromatic nitrogens is 2. The molecule has 0 bridgehead atoms. The Kier molecular flexibility index (Phi) is 10.2. The maximum atomic E-state index is 5.48. The summed E-state index contributed by atoms with van der Waals surface area (Å²) in [5, 5.41) is 10.9. The standard InChI is InChI=1S/C23H29N5O2.HI/c1-4-24-23(26-16-20-9-10-21(29-2)14-22(20)30-3)25-15-18-7-5-8-19(13-18)17-28-12-6-11-27-28;/h5-14H,4,15-17H2,1-3H3,(H2,24,25,26);1H. The maximum absolute atomic E-state index is 5.48. The summed E-state index contributed by atoms with van der Waals surface area (Å²) < 4.78 is 12.7. The minimum atomic E-state index is 0. The van der Waals surface area contributed by atoms with Crippen LogP contribution in [0.15, 0.2) is 65.9 Å². The average molecular weight is 535 g/mol. The highest BCUT2D eigenvalue weighted by Crippen LogP contribution is 2.24. The normalized spacial score (nSPS) is 10.9. The molecule has 0 aliphatic rings. The first-order valence-electron chi connectivity index (χ1n) is 10.00. The van der Waals surface area contributed by atoms with E-state index in [9.17, 15) is 0 Å². The van der Waals surface area contributed by atoms with Gasteiger partial charge in [-0.25, -0.2) is 4.99 Å². The molecule has 166 valence electrons. The molecule has 0 saturated heterocycles. The van der Waals surface area contributed by atoms with Crippen molar-refractivity contribution in [2.24, 2.45) is 4.99 Å². The Morgan fingerprint density at radius 1 is 1.03 bits per heavy atom. The summed E-state index contributed by atoms with van der Waals surface area (Å²) in [4.78, 5) is 4.73. The number of hydrogen-bond donors (Lipinski definition) is 2. The zero-order valence-electron chi connectivity index (χ0n) is 18.2. The van der Waals surface area contributed by atoms with Gasteiger partial charge in [-0.1, -0.05) is 24.3 Å². The number of ether oxygens (including phenoxy) is 2. The molecule has 2 N–H and O–H groups in total. The monoisotopic (exact) mass is 535 g/mol. The fraction of sp³-hybridized carbons (Fsp3) is 0.304. The highest BCUT2D eigenvalue weighted by Gasteiger charge is 2.06. The molecule has 3 rings (SSSR count). The van der Waals surface area contributed by atoms with E-state index in [1.807, 2.05) is 35.1 Å². The molecule has 0 spiro atoms. The fourth-order valence-corrected chi connectivity index (χ4v) is 3.10. The summed E-state index contributed by atoms with van der Waals surface area (Å²) in [5.74, 6) is 2.31. The Labute approximate surface area is 200 Å². The third-order valence-electron chi connectivity index (χ3n) is 4.60. The van der Waals surface area contributed by atoms with Crippen molar-refractivity contribution in [2.45, 2.75) is 26.6 Å². The Morgan fingerprint density at radius 2 is 1.87 bits per heavy atom. The molecule has 0 atom stereocenters. The van der Waals surface area contributed by atoms with Gasteiger partial charge >= 0.3 is 0 Å². The molecule has 0 aliphatic carbocycles. The molecule has 31 heavy (non-hydrogen) atoms.